The van der Waals surface area contributed by atoms with Crippen LogP contribution in [-0.4, -0.2) is 88.6 Å². The maximum absolute atomic E-state index is 10.3. The predicted octanol–water partition coefficient (Wildman–Crippen LogP) is 3.77. The van der Waals surface area contributed by atoms with Gasteiger partial charge in [-0.15, -0.1) is 0 Å². The first kappa shape index (κ1) is 45.3. The van der Waals surface area contributed by atoms with E-state index in [1.807, 2.05) is 0 Å². The van der Waals surface area contributed by atoms with E-state index in [0.717, 1.165) is 18.8 Å². The van der Waals surface area contributed by atoms with Gasteiger partial charge in [0.1, 0.15) is 0 Å². The molecule has 0 aliphatic heterocycles. The second-order valence-corrected chi connectivity index (χ2v) is 14.5. The number of rotatable bonds is 8. The molecule has 2 unspecified atom stereocenters. The summed E-state index contributed by atoms with van der Waals surface area (Å²) in [5.41, 5.74) is 4.29. The molecule has 1 aliphatic carbocycles. The van der Waals surface area contributed by atoms with Gasteiger partial charge in [-0.25, -0.2) is 0 Å². The Hall–Kier alpha value is 0.310. The topological polar surface area (TPSA) is 230 Å². The van der Waals surface area contributed by atoms with E-state index >= 15 is 0 Å². The normalized spacial score (nSPS) is 16.4. The van der Waals surface area contributed by atoms with Gasteiger partial charge >= 0.3 is 55.1 Å². The van der Waals surface area contributed by atoms with Gasteiger partial charge in [0.2, 0.25) is 0 Å². The van der Waals surface area contributed by atoms with Crippen LogP contribution in [0.5, 0.6) is 0 Å². The van der Waals surface area contributed by atoms with Gasteiger partial charge < -0.3 is 29.8 Å². The van der Waals surface area contributed by atoms with Crippen LogP contribution in [0, 0.1) is 11.8 Å². The summed E-state index contributed by atoms with van der Waals surface area (Å²) in [6.07, 6.45) is 11.7. The van der Waals surface area contributed by atoms with Crippen molar-refractivity contribution in [2.45, 2.75) is 85.2 Å². The molecule has 0 spiro atoms. The molecular weight excluding hydrogens is 573 g/mol. The summed E-state index contributed by atoms with van der Waals surface area (Å²) < 4.78 is 52.1. The first-order valence-electron chi connectivity index (χ1n) is 11.5. The minimum atomic E-state index is -5.20. The van der Waals surface area contributed by atoms with Gasteiger partial charge in [0, 0.05) is 6.61 Å². The molecule has 0 aromatic heterocycles. The molecule has 224 valence electrons. The second kappa shape index (κ2) is 21.1. The van der Waals surface area contributed by atoms with Gasteiger partial charge in [-0.2, -0.15) is 8.42 Å². The van der Waals surface area contributed by atoms with Crippen molar-refractivity contribution >= 4 is 55.1 Å². The van der Waals surface area contributed by atoms with E-state index in [-0.39, 0.29) is 29.6 Å². The van der Waals surface area contributed by atoms with Gasteiger partial charge in [0.15, 0.2) is 0 Å². The maximum atomic E-state index is 10.3. The average molecular weight is 621 g/mol. The van der Waals surface area contributed by atoms with Crippen molar-refractivity contribution in [3.05, 3.63) is 35.5 Å². The first-order valence-corrected chi connectivity index (χ1v) is 16.1. The number of allylic oxidation sites excluding steroid dienone is 5. The zero-order chi connectivity index (χ0) is 30.3. The SMILES string of the molecule is C=C(C)C1CC=C(C)CC1.CC(C)=CCCC(C)CCO.CC(O)(P(=O)(O)O)P(=O)(O)O.O=S(=O)(O)O.[NaH]. The van der Waals surface area contributed by atoms with Crippen LogP contribution >= 0.6 is 15.2 Å². The van der Waals surface area contributed by atoms with Crippen LogP contribution in [-0.2, 0) is 19.5 Å². The Kier molecular flexibility index (Phi) is 25.1. The van der Waals surface area contributed by atoms with Crippen molar-refractivity contribution in [2.75, 3.05) is 6.61 Å². The van der Waals surface area contributed by atoms with E-state index in [9.17, 15) is 9.13 Å². The second-order valence-electron chi connectivity index (χ2n) is 9.35. The fraction of sp³-hybridized carbons (Fsp3) is 0.727. The van der Waals surface area contributed by atoms with Crippen LogP contribution in [0.1, 0.15) is 80.1 Å². The van der Waals surface area contributed by atoms with Gasteiger partial charge in [-0.3, -0.25) is 18.2 Å². The van der Waals surface area contributed by atoms with Crippen molar-refractivity contribution in [1.29, 1.82) is 0 Å². The zero-order valence-electron chi connectivity index (χ0n) is 22.5. The van der Waals surface area contributed by atoms with Gasteiger partial charge in [0.25, 0.3) is 5.08 Å². The molecule has 0 saturated heterocycles. The number of aliphatic hydroxyl groups is 2. The summed E-state index contributed by atoms with van der Waals surface area (Å²) in [7, 11) is -15.1. The fourth-order valence-corrected chi connectivity index (χ4v) is 3.96. The van der Waals surface area contributed by atoms with E-state index in [1.54, 1.807) is 5.57 Å². The summed E-state index contributed by atoms with van der Waals surface area (Å²) >= 11 is 0. The molecule has 1 rings (SSSR count). The summed E-state index contributed by atoms with van der Waals surface area (Å²) in [5, 5.41) is 14.0. The zero-order valence-corrected chi connectivity index (χ0v) is 25.1. The monoisotopic (exact) mass is 620 g/mol. The molecule has 38 heavy (non-hydrogen) atoms. The Balaban J connectivity index is -0.000000207. The standard InChI is InChI=1S/C10H20O.C10H16.C2H8O7P2.Na.H2O4S.H/c1-9(2)5-4-6-10(3)7-8-11;1-8(2)10-6-4-9(3)5-7-10;1-2(3,10(4,5)6)11(7,8)9;;1-5(2,3)4;/h5,10-11H,4,6-8H2,1-3H3;4,10H,1,5-7H2,2-3H3;3H,1H3,(H2,4,5,6)(H2,7,8,9);;(H2,1,2,3,4);. The third-order valence-electron chi connectivity index (χ3n) is 5.27. The molecule has 2 atom stereocenters. The van der Waals surface area contributed by atoms with Gasteiger partial charge in [-0.05, 0) is 85.0 Å². The van der Waals surface area contributed by atoms with Crippen molar-refractivity contribution in [1.82, 2.24) is 0 Å². The van der Waals surface area contributed by atoms with Crippen LogP contribution in [0.15, 0.2) is 35.5 Å². The van der Waals surface area contributed by atoms with Crippen molar-refractivity contribution in [3.8, 4) is 0 Å². The van der Waals surface area contributed by atoms with Crippen LogP contribution in [0.4, 0.5) is 0 Å². The van der Waals surface area contributed by atoms with Crippen LogP contribution < -0.4 is 0 Å². The third-order valence-corrected chi connectivity index (χ3v) is 9.04. The van der Waals surface area contributed by atoms with Crippen molar-refractivity contribution in [3.63, 3.8) is 0 Å². The average Bonchev–Trinajstić information content (AvgIpc) is 2.66. The molecule has 0 heterocycles. The first-order chi connectivity index (χ1) is 16.4. The Morgan fingerprint density at radius 2 is 1.55 bits per heavy atom. The Morgan fingerprint density at radius 1 is 1.13 bits per heavy atom. The fourth-order valence-electron chi connectivity index (χ4n) is 2.60. The van der Waals surface area contributed by atoms with E-state index in [4.69, 9.17) is 47.3 Å². The molecule has 8 N–H and O–H groups in total. The molecule has 0 fully saturated rings. The van der Waals surface area contributed by atoms with Crippen LogP contribution in [0.2, 0.25) is 0 Å². The van der Waals surface area contributed by atoms with Gasteiger partial charge in [0.05, 0.1) is 0 Å². The predicted molar refractivity (Wildman–Crippen MR) is 151 cm³/mol. The van der Waals surface area contributed by atoms with E-state index in [2.05, 4.69) is 53.3 Å². The van der Waals surface area contributed by atoms with E-state index in [1.165, 1.54) is 36.8 Å². The molecule has 16 heteroatoms. The quantitative estimate of drug-likeness (QED) is 0.0839. The summed E-state index contributed by atoms with van der Waals surface area (Å²) in [5.74, 6) is 1.43. The number of hydrogen-bond acceptors (Lipinski definition) is 6. The minimum absolute atomic E-state index is 0. The van der Waals surface area contributed by atoms with Crippen LogP contribution in [0.3, 0.4) is 0 Å². The summed E-state index contributed by atoms with van der Waals surface area (Å²) in [6.45, 7) is 15.5. The molecule has 1 aliphatic rings. The molecule has 0 bridgehead atoms. The van der Waals surface area contributed by atoms with E-state index < -0.39 is 30.7 Å². The number of aliphatic hydroxyl groups excluding tert-OH is 1. The molecule has 0 amide bonds. The Labute approximate surface area is 249 Å². The molecular formula is C22H47NaO12P2S. The van der Waals surface area contributed by atoms with Crippen molar-refractivity contribution < 1.29 is 56.4 Å². The Bertz CT molecular complexity index is 900. The summed E-state index contributed by atoms with van der Waals surface area (Å²) in [4.78, 5) is 33.0. The number of hydrogen-bond donors (Lipinski definition) is 8. The van der Waals surface area contributed by atoms with Gasteiger partial charge in [-0.1, -0.05) is 42.4 Å². The molecule has 12 nitrogen and oxygen atoms in total. The summed E-state index contributed by atoms with van der Waals surface area (Å²) in [6, 6.07) is 0. The molecule has 0 aromatic carbocycles. The Morgan fingerprint density at radius 3 is 1.79 bits per heavy atom. The molecule has 0 aromatic rings. The third kappa shape index (κ3) is 26.5. The van der Waals surface area contributed by atoms with Crippen molar-refractivity contribution in [2.24, 2.45) is 11.8 Å². The molecule has 0 saturated carbocycles. The molecule has 0 radical (unpaired) electrons. The van der Waals surface area contributed by atoms with Crippen LogP contribution in [0.25, 0.3) is 0 Å². The van der Waals surface area contributed by atoms with E-state index in [0.29, 0.717) is 19.4 Å².